The summed E-state index contributed by atoms with van der Waals surface area (Å²) in [6, 6.07) is 18.1. The largest absolute Gasteiger partial charge is 0.382 e. The number of aryl methyl sites for hydroxylation is 2. The van der Waals surface area contributed by atoms with Crippen molar-refractivity contribution in [3.8, 4) is 22.5 Å². The summed E-state index contributed by atoms with van der Waals surface area (Å²) in [5, 5.41) is 26.3. The second-order valence-corrected chi connectivity index (χ2v) is 8.84. The van der Waals surface area contributed by atoms with Crippen LogP contribution in [-0.2, 0) is 0 Å². The zero-order valence-electron chi connectivity index (χ0n) is 18.5. The molecule has 1 fully saturated rings. The van der Waals surface area contributed by atoms with Gasteiger partial charge in [0.05, 0.1) is 11.4 Å². The van der Waals surface area contributed by atoms with Crippen LogP contribution in [0.5, 0.6) is 0 Å². The minimum Gasteiger partial charge on any atom is -0.382 e. The molecule has 0 saturated heterocycles. The second kappa shape index (κ2) is 7.64. The molecule has 1 aliphatic carbocycles. The molecule has 0 radical (unpaired) electrons. The summed E-state index contributed by atoms with van der Waals surface area (Å²) < 4.78 is 2.07. The summed E-state index contributed by atoms with van der Waals surface area (Å²) >= 11 is 0. The van der Waals surface area contributed by atoms with E-state index < -0.39 is 6.10 Å². The van der Waals surface area contributed by atoms with E-state index in [1.807, 2.05) is 55.5 Å². The van der Waals surface area contributed by atoms with E-state index in [0.717, 1.165) is 50.4 Å². The minimum absolute atomic E-state index is 0.493. The van der Waals surface area contributed by atoms with Gasteiger partial charge in [-0.3, -0.25) is 0 Å². The molecule has 164 valence electrons. The lowest BCUT2D eigenvalue weighted by Crippen LogP contribution is -2.09. The number of tetrazole rings is 1. The highest BCUT2D eigenvalue weighted by Gasteiger charge is 2.28. The Labute approximate surface area is 191 Å². The Morgan fingerprint density at radius 1 is 1.00 bits per heavy atom. The van der Waals surface area contributed by atoms with Crippen molar-refractivity contribution in [2.45, 2.75) is 38.7 Å². The van der Waals surface area contributed by atoms with Crippen molar-refractivity contribution >= 4 is 5.65 Å². The van der Waals surface area contributed by atoms with Gasteiger partial charge in [0.1, 0.15) is 11.8 Å². The minimum atomic E-state index is -0.829. The molecule has 5 aromatic rings. The monoisotopic (exact) mass is 436 g/mol. The van der Waals surface area contributed by atoms with Crippen molar-refractivity contribution < 1.29 is 5.11 Å². The van der Waals surface area contributed by atoms with E-state index in [2.05, 4.69) is 44.2 Å². The fraction of sp³-hybridized carbons (Fsp3) is 0.231. The van der Waals surface area contributed by atoms with Gasteiger partial charge in [0.25, 0.3) is 0 Å². The summed E-state index contributed by atoms with van der Waals surface area (Å²) in [7, 11) is 0. The Balaban J connectivity index is 1.50. The van der Waals surface area contributed by atoms with Crippen LogP contribution in [-0.4, -0.2) is 35.1 Å². The number of hydrogen-bond donors (Lipinski definition) is 2. The molecule has 1 saturated carbocycles. The van der Waals surface area contributed by atoms with E-state index in [1.165, 1.54) is 12.8 Å². The zero-order chi connectivity index (χ0) is 22.5. The molecule has 0 bridgehead atoms. The van der Waals surface area contributed by atoms with E-state index >= 15 is 0 Å². The van der Waals surface area contributed by atoms with Crippen molar-refractivity contribution in [3.05, 3.63) is 88.9 Å². The molecule has 1 aliphatic rings. The molecular weight excluding hydrogens is 412 g/mol. The number of nitrogens with zero attached hydrogens (tertiary/aromatic N) is 5. The van der Waals surface area contributed by atoms with Crippen LogP contribution in [0.2, 0.25) is 0 Å². The summed E-state index contributed by atoms with van der Waals surface area (Å²) in [5.41, 5.74) is 8.62. The number of benzene rings is 2. The number of nitrogens with one attached hydrogen (secondary N) is 1. The van der Waals surface area contributed by atoms with Crippen LogP contribution in [0.3, 0.4) is 0 Å². The number of aromatic nitrogens is 6. The molecule has 3 aromatic heterocycles. The molecule has 1 atom stereocenters. The normalized spacial score (nSPS) is 14.6. The molecule has 1 unspecified atom stereocenters. The first-order valence-electron chi connectivity index (χ1n) is 11.2. The maximum Gasteiger partial charge on any atom is 0.205 e. The maximum absolute atomic E-state index is 11.6. The van der Waals surface area contributed by atoms with E-state index in [4.69, 9.17) is 4.98 Å². The summed E-state index contributed by atoms with van der Waals surface area (Å²) in [6.45, 7) is 4.12. The van der Waals surface area contributed by atoms with Crippen molar-refractivity contribution in [2.24, 2.45) is 0 Å². The predicted octanol–water partition coefficient (Wildman–Crippen LogP) is 4.76. The Morgan fingerprint density at radius 2 is 1.82 bits per heavy atom. The van der Waals surface area contributed by atoms with Gasteiger partial charge in [-0.1, -0.05) is 48.5 Å². The van der Waals surface area contributed by atoms with Crippen molar-refractivity contribution in [1.29, 1.82) is 0 Å². The van der Waals surface area contributed by atoms with E-state index in [0.29, 0.717) is 11.7 Å². The molecule has 33 heavy (non-hydrogen) atoms. The number of pyridine rings is 1. The second-order valence-electron chi connectivity index (χ2n) is 8.84. The summed E-state index contributed by atoms with van der Waals surface area (Å²) in [5.74, 6) is 1.04. The Kier molecular flexibility index (Phi) is 4.58. The smallest absolute Gasteiger partial charge is 0.205 e. The Morgan fingerprint density at radius 3 is 2.55 bits per heavy atom. The summed E-state index contributed by atoms with van der Waals surface area (Å²) in [6.07, 6.45) is 3.65. The maximum atomic E-state index is 11.6. The molecule has 2 N–H and O–H groups in total. The Hall–Kier alpha value is -3.84. The van der Waals surface area contributed by atoms with Gasteiger partial charge in [-0.2, -0.15) is 5.21 Å². The number of fused-ring (bicyclic) bond motifs is 1. The molecular formula is C26H24N6O. The average molecular weight is 437 g/mol. The first-order chi connectivity index (χ1) is 16.1. The Bertz CT molecular complexity index is 1450. The van der Waals surface area contributed by atoms with E-state index in [-0.39, 0.29) is 0 Å². The van der Waals surface area contributed by atoms with Crippen LogP contribution in [0.1, 0.15) is 52.9 Å². The van der Waals surface area contributed by atoms with E-state index in [9.17, 15) is 5.11 Å². The third kappa shape index (κ3) is 3.41. The van der Waals surface area contributed by atoms with Crippen molar-refractivity contribution in [1.82, 2.24) is 30.0 Å². The highest BCUT2D eigenvalue weighted by Crippen LogP contribution is 2.41. The third-order valence-electron chi connectivity index (χ3n) is 6.46. The zero-order valence-corrected chi connectivity index (χ0v) is 18.5. The van der Waals surface area contributed by atoms with Gasteiger partial charge in [0.15, 0.2) is 0 Å². The molecule has 6 rings (SSSR count). The average Bonchev–Trinajstić information content (AvgIpc) is 3.35. The fourth-order valence-electron chi connectivity index (χ4n) is 4.66. The number of imidazole rings is 1. The van der Waals surface area contributed by atoms with Gasteiger partial charge in [-0.15, -0.1) is 10.2 Å². The van der Waals surface area contributed by atoms with Crippen LogP contribution >= 0.6 is 0 Å². The topological polar surface area (TPSA) is 92.0 Å². The molecule has 0 aliphatic heterocycles. The lowest BCUT2D eigenvalue weighted by molar-refractivity contribution is 0.213. The van der Waals surface area contributed by atoms with Gasteiger partial charge in [-0.25, -0.2) is 4.98 Å². The first-order valence-corrected chi connectivity index (χ1v) is 11.2. The predicted molar refractivity (Wildman–Crippen MR) is 126 cm³/mol. The number of hydrogen-bond acceptors (Lipinski definition) is 5. The first kappa shape index (κ1) is 19.8. The fourth-order valence-corrected chi connectivity index (χ4v) is 4.66. The molecule has 7 heteroatoms. The van der Waals surface area contributed by atoms with Crippen LogP contribution < -0.4 is 0 Å². The molecule has 7 nitrogen and oxygen atoms in total. The van der Waals surface area contributed by atoms with Crippen LogP contribution in [0.4, 0.5) is 0 Å². The summed E-state index contributed by atoms with van der Waals surface area (Å²) in [4.78, 5) is 4.88. The van der Waals surface area contributed by atoms with Gasteiger partial charge in [-0.05, 0) is 65.8 Å². The molecule has 2 aromatic carbocycles. The standard InChI is InChI=1S/C26H24N6O/c1-15-12-16(2)26-27-22(18-8-9-18)14-32(26)23(15)24(33)19-10-11-20(17-6-4-3-5-7-17)21(13-19)25-28-30-31-29-25/h3-7,10-14,18,24,33H,8-9H2,1-2H3,(H,28,29,30,31). The number of aromatic amines is 1. The molecule has 3 heterocycles. The van der Waals surface area contributed by atoms with Crippen molar-refractivity contribution in [2.75, 3.05) is 0 Å². The van der Waals surface area contributed by atoms with Crippen LogP contribution in [0.25, 0.3) is 28.2 Å². The van der Waals surface area contributed by atoms with Gasteiger partial charge in [0, 0.05) is 17.7 Å². The lowest BCUT2D eigenvalue weighted by Gasteiger charge is -2.19. The number of rotatable bonds is 5. The van der Waals surface area contributed by atoms with Gasteiger partial charge >= 0.3 is 0 Å². The lowest BCUT2D eigenvalue weighted by atomic mass is 9.93. The molecule has 0 spiro atoms. The number of aliphatic hydroxyl groups is 1. The quantitative estimate of drug-likeness (QED) is 0.415. The highest BCUT2D eigenvalue weighted by molar-refractivity contribution is 5.81. The van der Waals surface area contributed by atoms with Crippen LogP contribution in [0, 0.1) is 13.8 Å². The number of H-pyrrole nitrogens is 1. The van der Waals surface area contributed by atoms with E-state index in [1.54, 1.807) is 0 Å². The third-order valence-corrected chi connectivity index (χ3v) is 6.46. The van der Waals surface area contributed by atoms with Gasteiger partial charge in [0.2, 0.25) is 5.82 Å². The van der Waals surface area contributed by atoms with Crippen LogP contribution in [0.15, 0.2) is 60.8 Å². The molecule has 0 amide bonds. The van der Waals surface area contributed by atoms with Gasteiger partial charge < -0.3 is 9.51 Å². The number of aliphatic hydroxyl groups excluding tert-OH is 1. The highest BCUT2D eigenvalue weighted by atomic mass is 16.3. The van der Waals surface area contributed by atoms with Crippen molar-refractivity contribution in [3.63, 3.8) is 0 Å². The SMILES string of the molecule is Cc1cc(C)c2nc(C3CC3)cn2c1C(O)c1ccc(-c2ccccc2)c(-c2nn[nH]n2)c1.